The first-order valence-corrected chi connectivity index (χ1v) is 6.14. The molecule has 1 aromatic carbocycles. The number of carbonyl (C=O) groups is 2. The van der Waals surface area contributed by atoms with Crippen LogP contribution in [0.3, 0.4) is 0 Å². The van der Waals surface area contributed by atoms with Crippen LogP contribution >= 0.6 is 0 Å². The number of hydrogen-bond donors (Lipinski definition) is 0. The zero-order valence-corrected chi connectivity index (χ0v) is 9.82. The van der Waals surface area contributed by atoms with Gasteiger partial charge in [0.2, 0.25) is 11.8 Å². The van der Waals surface area contributed by atoms with Gasteiger partial charge in [0.05, 0.1) is 29.7 Å². The smallest absolute Gasteiger partial charge is 0.240 e. The number of rotatable bonds is 1. The van der Waals surface area contributed by atoms with Gasteiger partial charge in [-0.3, -0.25) is 9.59 Å². The van der Waals surface area contributed by atoms with Crippen molar-refractivity contribution in [2.24, 2.45) is 11.8 Å². The van der Waals surface area contributed by atoms with Crippen LogP contribution in [0.2, 0.25) is 0 Å². The lowest BCUT2D eigenvalue weighted by Crippen LogP contribution is -2.34. The second kappa shape index (κ2) is 3.51. The maximum absolute atomic E-state index is 12.9. The van der Waals surface area contributed by atoms with Crippen molar-refractivity contribution in [3.8, 4) is 0 Å². The molecule has 0 aromatic heterocycles. The van der Waals surface area contributed by atoms with Crippen LogP contribution in [0.25, 0.3) is 0 Å². The Morgan fingerprint density at radius 2 is 1.47 bits per heavy atom. The Labute approximate surface area is 108 Å². The molecule has 3 heterocycles. The van der Waals surface area contributed by atoms with E-state index in [-0.39, 0.29) is 24.0 Å². The first-order chi connectivity index (χ1) is 9.16. The molecule has 0 aliphatic carbocycles. The highest BCUT2D eigenvalue weighted by atomic mass is 19.1. The van der Waals surface area contributed by atoms with E-state index >= 15 is 0 Å². The third-order valence-corrected chi connectivity index (χ3v) is 4.00. The van der Waals surface area contributed by atoms with Gasteiger partial charge in [-0.05, 0) is 24.3 Å². The van der Waals surface area contributed by atoms with Gasteiger partial charge in [-0.25, -0.2) is 9.29 Å². The molecule has 19 heavy (non-hydrogen) atoms. The van der Waals surface area contributed by atoms with Crippen molar-refractivity contribution in [3.05, 3.63) is 42.2 Å². The number of ether oxygens (including phenoxy) is 1. The van der Waals surface area contributed by atoms with E-state index < -0.39 is 17.7 Å². The highest BCUT2D eigenvalue weighted by molar-refractivity contribution is 6.23. The minimum Gasteiger partial charge on any atom is -0.365 e. The Kier molecular flexibility index (Phi) is 2.01. The number of imide groups is 1. The molecule has 4 nitrogen and oxygen atoms in total. The van der Waals surface area contributed by atoms with E-state index in [0.717, 1.165) is 4.90 Å². The van der Waals surface area contributed by atoms with Crippen molar-refractivity contribution in [2.45, 2.75) is 12.2 Å². The molecule has 3 aliphatic heterocycles. The SMILES string of the molecule is O=C1[C@@H]2[C@H](C(=O)N1c1ccc(F)cc1)[C@@H]1C=C[C@H]2O1. The molecular formula is C14H10FNO3. The summed E-state index contributed by atoms with van der Waals surface area (Å²) in [4.78, 5) is 25.9. The molecule has 96 valence electrons. The normalized spacial score (nSPS) is 35.3. The third kappa shape index (κ3) is 1.30. The van der Waals surface area contributed by atoms with Crippen LogP contribution in [0, 0.1) is 17.7 Å². The molecular weight excluding hydrogens is 249 g/mol. The predicted molar refractivity (Wildman–Crippen MR) is 63.7 cm³/mol. The molecule has 4 rings (SSSR count). The first kappa shape index (κ1) is 10.9. The van der Waals surface area contributed by atoms with Crippen molar-refractivity contribution in [1.82, 2.24) is 0 Å². The average Bonchev–Trinajstić information content (AvgIpc) is 3.06. The lowest BCUT2D eigenvalue weighted by Gasteiger charge is -2.17. The Hall–Kier alpha value is -2.01. The van der Waals surface area contributed by atoms with E-state index in [4.69, 9.17) is 4.74 Å². The van der Waals surface area contributed by atoms with E-state index in [9.17, 15) is 14.0 Å². The van der Waals surface area contributed by atoms with Crippen molar-refractivity contribution < 1.29 is 18.7 Å². The predicted octanol–water partition coefficient (Wildman–Crippen LogP) is 1.27. The van der Waals surface area contributed by atoms with Gasteiger partial charge in [0.1, 0.15) is 5.82 Å². The zero-order valence-electron chi connectivity index (χ0n) is 9.82. The van der Waals surface area contributed by atoms with Crippen LogP contribution < -0.4 is 4.90 Å². The van der Waals surface area contributed by atoms with Gasteiger partial charge < -0.3 is 4.74 Å². The number of carbonyl (C=O) groups excluding carboxylic acids is 2. The number of anilines is 1. The molecule has 1 aromatic rings. The number of hydrogen-bond acceptors (Lipinski definition) is 3. The number of nitrogens with zero attached hydrogens (tertiary/aromatic N) is 1. The Morgan fingerprint density at radius 3 is 2.00 bits per heavy atom. The maximum Gasteiger partial charge on any atom is 0.240 e. The third-order valence-electron chi connectivity index (χ3n) is 4.00. The van der Waals surface area contributed by atoms with Gasteiger partial charge >= 0.3 is 0 Å². The van der Waals surface area contributed by atoms with Crippen LogP contribution in [-0.2, 0) is 14.3 Å². The van der Waals surface area contributed by atoms with E-state index in [1.165, 1.54) is 24.3 Å². The minimum atomic E-state index is -0.424. The molecule has 0 N–H and O–H groups in total. The molecule has 0 saturated carbocycles. The molecule has 0 spiro atoms. The van der Waals surface area contributed by atoms with Crippen molar-refractivity contribution in [3.63, 3.8) is 0 Å². The van der Waals surface area contributed by atoms with Crippen LogP contribution in [-0.4, -0.2) is 24.0 Å². The zero-order chi connectivity index (χ0) is 13.1. The Balaban J connectivity index is 1.74. The summed E-state index contributed by atoms with van der Waals surface area (Å²) in [5, 5.41) is 0. The molecule has 3 aliphatic rings. The second-order valence-electron chi connectivity index (χ2n) is 4.99. The first-order valence-electron chi connectivity index (χ1n) is 6.14. The van der Waals surface area contributed by atoms with Gasteiger partial charge in [-0.1, -0.05) is 12.2 Å². The van der Waals surface area contributed by atoms with E-state index in [2.05, 4.69) is 0 Å². The highest BCUT2D eigenvalue weighted by Crippen LogP contribution is 2.46. The molecule has 0 unspecified atom stereocenters. The van der Waals surface area contributed by atoms with Crippen LogP contribution in [0.4, 0.5) is 10.1 Å². The quantitative estimate of drug-likeness (QED) is 0.563. The van der Waals surface area contributed by atoms with Gasteiger partial charge in [0.15, 0.2) is 0 Å². The molecule has 2 bridgehead atoms. The molecule has 2 amide bonds. The van der Waals surface area contributed by atoms with Crippen LogP contribution in [0.1, 0.15) is 0 Å². The van der Waals surface area contributed by atoms with Crippen molar-refractivity contribution in [2.75, 3.05) is 4.90 Å². The van der Waals surface area contributed by atoms with Gasteiger partial charge in [0, 0.05) is 0 Å². The highest BCUT2D eigenvalue weighted by Gasteiger charge is 2.60. The monoisotopic (exact) mass is 259 g/mol. The summed E-state index contributed by atoms with van der Waals surface area (Å²) < 4.78 is 18.5. The standard InChI is InChI=1S/C14H10FNO3/c15-7-1-3-8(4-2-7)16-13(17)11-9-5-6-10(19-9)12(11)14(16)18/h1-6,9-12H/t9-,10+,11+,12-. The average molecular weight is 259 g/mol. The summed E-state index contributed by atoms with van der Waals surface area (Å²) >= 11 is 0. The molecule has 4 atom stereocenters. The summed E-state index contributed by atoms with van der Waals surface area (Å²) in [7, 11) is 0. The fourth-order valence-electron chi connectivity index (χ4n) is 3.15. The fraction of sp³-hybridized carbons (Fsp3) is 0.286. The van der Waals surface area contributed by atoms with Gasteiger partial charge in [0.25, 0.3) is 0 Å². The Morgan fingerprint density at radius 1 is 0.947 bits per heavy atom. The van der Waals surface area contributed by atoms with Crippen LogP contribution in [0.5, 0.6) is 0 Å². The van der Waals surface area contributed by atoms with Crippen molar-refractivity contribution >= 4 is 17.5 Å². The summed E-state index contributed by atoms with van der Waals surface area (Å²) in [5.74, 6) is -1.75. The van der Waals surface area contributed by atoms with E-state index in [0.29, 0.717) is 5.69 Å². The molecule has 0 radical (unpaired) electrons. The Bertz CT molecular complexity index is 580. The van der Waals surface area contributed by atoms with Crippen LogP contribution in [0.15, 0.2) is 36.4 Å². The molecule has 5 heteroatoms. The summed E-state index contributed by atoms with van der Waals surface area (Å²) in [5.41, 5.74) is 0.421. The molecule has 2 fully saturated rings. The van der Waals surface area contributed by atoms with Gasteiger partial charge in [-0.2, -0.15) is 0 Å². The fourth-order valence-corrected chi connectivity index (χ4v) is 3.15. The molecule has 2 saturated heterocycles. The number of benzene rings is 1. The maximum atomic E-state index is 12.9. The lowest BCUT2D eigenvalue weighted by atomic mass is 9.85. The number of amides is 2. The van der Waals surface area contributed by atoms with E-state index in [1.54, 1.807) is 0 Å². The minimum absolute atomic E-state index is 0.251. The van der Waals surface area contributed by atoms with E-state index in [1.807, 2.05) is 12.2 Å². The summed E-state index contributed by atoms with van der Waals surface area (Å²) in [6, 6.07) is 5.38. The summed E-state index contributed by atoms with van der Waals surface area (Å²) in [6.45, 7) is 0. The largest absolute Gasteiger partial charge is 0.365 e. The van der Waals surface area contributed by atoms with Gasteiger partial charge in [-0.15, -0.1) is 0 Å². The van der Waals surface area contributed by atoms with Crippen molar-refractivity contribution in [1.29, 1.82) is 0 Å². The lowest BCUT2D eigenvalue weighted by molar-refractivity contribution is -0.124. The number of halogens is 1. The topological polar surface area (TPSA) is 46.6 Å². The second-order valence-corrected chi connectivity index (χ2v) is 4.99. The summed E-state index contributed by atoms with van der Waals surface area (Å²) in [6.07, 6.45) is 3.09. The number of fused-ring (bicyclic) bond motifs is 5.